The maximum absolute atomic E-state index is 12.3. The van der Waals surface area contributed by atoms with Crippen LogP contribution in [0.1, 0.15) is 34.1 Å². The molecule has 1 amide bonds. The monoisotopic (exact) mass is 324 g/mol. The molecule has 0 aliphatic carbocycles. The molecule has 0 unspecified atom stereocenters. The van der Waals surface area contributed by atoms with Crippen LogP contribution in [0.25, 0.3) is 5.65 Å². The van der Waals surface area contributed by atoms with Crippen molar-refractivity contribution in [2.45, 2.75) is 27.3 Å². The number of hydrogen-bond acceptors (Lipinski definition) is 4. The average Bonchev–Trinajstić information content (AvgIpc) is 2.99. The Morgan fingerprint density at radius 2 is 2.08 bits per heavy atom. The van der Waals surface area contributed by atoms with Gasteiger partial charge in [-0.15, -0.1) is 5.10 Å². The summed E-state index contributed by atoms with van der Waals surface area (Å²) in [5, 5.41) is 7.17. The van der Waals surface area contributed by atoms with E-state index in [1.54, 1.807) is 22.8 Å². The van der Waals surface area contributed by atoms with Gasteiger partial charge in [-0.25, -0.2) is 9.50 Å². The van der Waals surface area contributed by atoms with Crippen LogP contribution in [0.2, 0.25) is 0 Å². The fraction of sp³-hybridized carbons (Fsp3) is 0.278. The number of nitrogens with zero attached hydrogens (tertiary/aromatic N) is 3. The summed E-state index contributed by atoms with van der Waals surface area (Å²) in [6.45, 7) is 6.97. The molecule has 124 valence electrons. The number of ether oxygens (including phenoxy) is 1. The highest BCUT2D eigenvalue weighted by Gasteiger charge is 2.12. The van der Waals surface area contributed by atoms with Crippen molar-refractivity contribution in [2.75, 3.05) is 6.61 Å². The normalized spacial score (nSPS) is 10.8. The highest BCUT2D eigenvalue weighted by Crippen LogP contribution is 2.12. The zero-order valence-corrected chi connectivity index (χ0v) is 14.0. The standard InChI is InChI=1S/C18H20N4O2/c1-4-24-17-8-7-16-20-15(11-22(16)21-17)18(23)19-10-14-9-12(2)5-6-13(14)3/h5-9,11H,4,10H2,1-3H3,(H,19,23). The van der Waals surface area contributed by atoms with E-state index in [0.29, 0.717) is 30.4 Å². The highest BCUT2D eigenvalue weighted by molar-refractivity contribution is 5.92. The van der Waals surface area contributed by atoms with Gasteiger partial charge in [-0.05, 0) is 38.0 Å². The van der Waals surface area contributed by atoms with E-state index in [0.717, 1.165) is 11.1 Å². The molecule has 1 N–H and O–H groups in total. The van der Waals surface area contributed by atoms with Gasteiger partial charge < -0.3 is 10.1 Å². The number of aromatic nitrogens is 3. The van der Waals surface area contributed by atoms with E-state index in [-0.39, 0.29) is 5.91 Å². The number of rotatable bonds is 5. The van der Waals surface area contributed by atoms with Gasteiger partial charge >= 0.3 is 0 Å². The molecule has 24 heavy (non-hydrogen) atoms. The van der Waals surface area contributed by atoms with Gasteiger partial charge in [0.2, 0.25) is 5.88 Å². The maximum atomic E-state index is 12.3. The Morgan fingerprint density at radius 1 is 1.25 bits per heavy atom. The topological polar surface area (TPSA) is 68.5 Å². The van der Waals surface area contributed by atoms with E-state index in [4.69, 9.17) is 4.74 Å². The van der Waals surface area contributed by atoms with Gasteiger partial charge in [0.05, 0.1) is 12.8 Å². The van der Waals surface area contributed by atoms with Crippen LogP contribution in [0.3, 0.4) is 0 Å². The minimum atomic E-state index is -0.223. The third-order valence-corrected chi connectivity index (χ3v) is 3.76. The minimum absolute atomic E-state index is 0.223. The summed E-state index contributed by atoms with van der Waals surface area (Å²) in [6, 6.07) is 9.71. The first-order valence-electron chi connectivity index (χ1n) is 7.90. The van der Waals surface area contributed by atoms with Crippen molar-refractivity contribution in [3.63, 3.8) is 0 Å². The molecular weight excluding hydrogens is 304 g/mol. The van der Waals surface area contributed by atoms with Crippen molar-refractivity contribution in [3.05, 3.63) is 58.9 Å². The van der Waals surface area contributed by atoms with Gasteiger partial charge in [-0.1, -0.05) is 23.8 Å². The van der Waals surface area contributed by atoms with Crippen LogP contribution in [0.5, 0.6) is 5.88 Å². The molecule has 3 aromatic rings. The summed E-state index contributed by atoms with van der Waals surface area (Å²) in [6.07, 6.45) is 1.61. The van der Waals surface area contributed by atoms with E-state index in [1.807, 2.05) is 20.8 Å². The number of amides is 1. The summed E-state index contributed by atoms with van der Waals surface area (Å²) in [5.74, 6) is 0.282. The lowest BCUT2D eigenvalue weighted by molar-refractivity contribution is 0.0946. The second kappa shape index (κ2) is 6.70. The number of imidazole rings is 1. The smallest absolute Gasteiger partial charge is 0.271 e. The Bertz CT molecular complexity index is 886. The summed E-state index contributed by atoms with van der Waals surface area (Å²) in [4.78, 5) is 16.6. The van der Waals surface area contributed by atoms with Crippen molar-refractivity contribution in [3.8, 4) is 5.88 Å². The molecule has 0 saturated carbocycles. The third kappa shape index (κ3) is 3.37. The SMILES string of the molecule is CCOc1ccc2nc(C(=O)NCc3cc(C)ccc3C)cn2n1. The zero-order valence-electron chi connectivity index (χ0n) is 14.0. The molecule has 3 rings (SSSR count). The molecule has 6 heteroatoms. The number of fused-ring (bicyclic) bond motifs is 1. The lowest BCUT2D eigenvalue weighted by Crippen LogP contribution is -2.23. The molecule has 0 spiro atoms. The van der Waals surface area contributed by atoms with Crippen molar-refractivity contribution in [1.82, 2.24) is 19.9 Å². The van der Waals surface area contributed by atoms with Crippen LogP contribution in [-0.4, -0.2) is 27.1 Å². The van der Waals surface area contributed by atoms with Crippen molar-refractivity contribution in [1.29, 1.82) is 0 Å². The Kier molecular flexibility index (Phi) is 4.46. The van der Waals surface area contributed by atoms with E-state index < -0.39 is 0 Å². The van der Waals surface area contributed by atoms with Crippen molar-refractivity contribution < 1.29 is 9.53 Å². The van der Waals surface area contributed by atoms with Crippen LogP contribution < -0.4 is 10.1 Å². The molecule has 0 aliphatic rings. The summed E-state index contributed by atoms with van der Waals surface area (Å²) in [7, 11) is 0. The molecule has 2 aromatic heterocycles. The third-order valence-electron chi connectivity index (χ3n) is 3.76. The lowest BCUT2D eigenvalue weighted by Gasteiger charge is -2.08. The van der Waals surface area contributed by atoms with Crippen LogP contribution in [0.15, 0.2) is 36.5 Å². The lowest BCUT2D eigenvalue weighted by atomic mass is 10.1. The zero-order chi connectivity index (χ0) is 17.1. The number of benzene rings is 1. The fourth-order valence-electron chi connectivity index (χ4n) is 2.46. The van der Waals surface area contributed by atoms with Gasteiger partial charge in [-0.2, -0.15) is 0 Å². The summed E-state index contributed by atoms with van der Waals surface area (Å²) in [5.41, 5.74) is 4.37. The molecule has 0 radical (unpaired) electrons. The first-order valence-corrected chi connectivity index (χ1v) is 7.90. The Hall–Kier alpha value is -2.89. The minimum Gasteiger partial charge on any atom is -0.477 e. The van der Waals surface area contributed by atoms with Crippen LogP contribution in [0.4, 0.5) is 0 Å². The van der Waals surface area contributed by atoms with Gasteiger partial charge in [0, 0.05) is 12.6 Å². The number of carbonyl (C=O) groups is 1. The average molecular weight is 324 g/mol. The second-order valence-corrected chi connectivity index (χ2v) is 5.65. The summed E-state index contributed by atoms with van der Waals surface area (Å²) >= 11 is 0. The number of carbonyl (C=O) groups excluding carboxylic acids is 1. The van der Waals surface area contributed by atoms with Crippen molar-refractivity contribution in [2.24, 2.45) is 0 Å². The van der Waals surface area contributed by atoms with Crippen LogP contribution in [-0.2, 0) is 6.54 Å². The van der Waals surface area contributed by atoms with Gasteiger partial charge in [-0.3, -0.25) is 4.79 Å². The van der Waals surface area contributed by atoms with E-state index in [9.17, 15) is 4.79 Å². The largest absolute Gasteiger partial charge is 0.477 e. The molecule has 1 aromatic carbocycles. The highest BCUT2D eigenvalue weighted by atomic mass is 16.5. The van der Waals surface area contributed by atoms with E-state index in [1.165, 1.54) is 5.56 Å². The molecule has 0 saturated heterocycles. The number of hydrogen-bond donors (Lipinski definition) is 1. The molecule has 0 fully saturated rings. The maximum Gasteiger partial charge on any atom is 0.271 e. The first-order chi connectivity index (χ1) is 11.6. The second-order valence-electron chi connectivity index (χ2n) is 5.65. The quantitative estimate of drug-likeness (QED) is 0.783. The van der Waals surface area contributed by atoms with Gasteiger partial charge in [0.25, 0.3) is 5.91 Å². The number of nitrogens with one attached hydrogen (secondary N) is 1. The van der Waals surface area contributed by atoms with Gasteiger partial charge in [0.1, 0.15) is 5.69 Å². The molecule has 6 nitrogen and oxygen atoms in total. The summed E-state index contributed by atoms with van der Waals surface area (Å²) < 4.78 is 6.91. The fourth-order valence-corrected chi connectivity index (χ4v) is 2.46. The Labute approximate surface area is 140 Å². The molecular formula is C18H20N4O2. The first kappa shape index (κ1) is 16.0. The number of aryl methyl sites for hydroxylation is 2. The van der Waals surface area contributed by atoms with Crippen molar-refractivity contribution >= 4 is 11.6 Å². The Balaban J connectivity index is 1.75. The predicted octanol–water partition coefficient (Wildman–Crippen LogP) is 2.67. The molecule has 0 aliphatic heterocycles. The molecule has 2 heterocycles. The predicted molar refractivity (Wildman–Crippen MR) is 91.2 cm³/mol. The van der Waals surface area contributed by atoms with E-state index in [2.05, 4.69) is 33.6 Å². The van der Waals surface area contributed by atoms with Gasteiger partial charge in [0.15, 0.2) is 5.65 Å². The molecule has 0 bridgehead atoms. The molecule has 0 atom stereocenters. The Morgan fingerprint density at radius 3 is 2.88 bits per heavy atom. The van der Waals surface area contributed by atoms with Crippen LogP contribution in [0, 0.1) is 13.8 Å². The van der Waals surface area contributed by atoms with Crippen LogP contribution >= 0.6 is 0 Å². The van der Waals surface area contributed by atoms with E-state index >= 15 is 0 Å².